The van der Waals surface area contributed by atoms with Gasteiger partial charge >= 0.3 is 0 Å². The van der Waals surface area contributed by atoms with Crippen molar-refractivity contribution in [3.05, 3.63) is 35.9 Å². The Kier molecular flexibility index (Phi) is 5.07. The zero-order chi connectivity index (χ0) is 20.9. The molecule has 2 aliphatic heterocycles. The molecule has 1 spiro atoms. The van der Waals surface area contributed by atoms with E-state index in [0.717, 1.165) is 31.5 Å². The molecule has 0 amide bonds. The van der Waals surface area contributed by atoms with Gasteiger partial charge in [-0.05, 0) is 43.9 Å². The Morgan fingerprint density at radius 2 is 2.20 bits per heavy atom. The lowest BCUT2D eigenvalue weighted by atomic mass is 9.48. The molecule has 2 unspecified atom stereocenters. The standard InChI is InChI=1S/C23H31NO6/c1-3-9-24-10-8-22-19-15-4-5-17(29-14-28-12-11-27-2)20(19)30-21(22)16(25)6-7-23(22,26)18(24)13-15/h3-5,16,18,21,25-26H,1,6-14H2,2H3/t16?,18?,21-,22-,23+/m0/s1. The Hall–Kier alpha value is -1.64. The fourth-order valence-electron chi connectivity index (χ4n) is 6.40. The zero-order valence-electron chi connectivity index (χ0n) is 17.5. The second-order valence-corrected chi connectivity index (χ2v) is 8.88. The lowest BCUT2D eigenvalue weighted by Crippen LogP contribution is -2.77. The fourth-order valence-corrected chi connectivity index (χ4v) is 6.40. The maximum Gasteiger partial charge on any atom is 0.189 e. The minimum atomic E-state index is -0.940. The molecule has 7 nitrogen and oxygen atoms in total. The summed E-state index contributed by atoms with van der Waals surface area (Å²) < 4.78 is 22.8. The first-order valence-corrected chi connectivity index (χ1v) is 10.8. The second kappa shape index (κ2) is 7.50. The first-order valence-electron chi connectivity index (χ1n) is 10.8. The van der Waals surface area contributed by atoms with Crippen molar-refractivity contribution in [1.29, 1.82) is 0 Å². The molecule has 0 radical (unpaired) electrons. The van der Waals surface area contributed by atoms with Crippen molar-refractivity contribution in [3.63, 3.8) is 0 Å². The van der Waals surface area contributed by atoms with E-state index >= 15 is 0 Å². The van der Waals surface area contributed by atoms with Crippen LogP contribution in [0.5, 0.6) is 11.5 Å². The molecule has 7 heteroatoms. The summed E-state index contributed by atoms with van der Waals surface area (Å²) in [7, 11) is 1.63. The molecule has 5 atom stereocenters. The summed E-state index contributed by atoms with van der Waals surface area (Å²) in [4.78, 5) is 2.34. The lowest BCUT2D eigenvalue weighted by molar-refractivity contribution is -0.206. The van der Waals surface area contributed by atoms with Gasteiger partial charge in [0, 0.05) is 25.3 Å². The first-order chi connectivity index (χ1) is 14.6. The van der Waals surface area contributed by atoms with E-state index in [1.54, 1.807) is 7.11 Å². The van der Waals surface area contributed by atoms with Crippen LogP contribution in [0.2, 0.25) is 0 Å². The molecule has 30 heavy (non-hydrogen) atoms. The van der Waals surface area contributed by atoms with Crippen molar-refractivity contribution in [2.24, 2.45) is 0 Å². The topological polar surface area (TPSA) is 80.6 Å². The molecule has 1 saturated heterocycles. The summed E-state index contributed by atoms with van der Waals surface area (Å²) in [6.07, 6.45) is 3.42. The van der Waals surface area contributed by atoms with Crippen molar-refractivity contribution in [1.82, 2.24) is 4.90 Å². The van der Waals surface area contributed by atoms with E-state index in [0.29, 0.717) is 37.6 Å². The van der Waals surface area contributed by atoms with E-state index in [9.17, 15) is 10.2 Å². The van der Waals surface area contributed by atoms with Crippen LogP contribution in [0.1, 0.15) is 30.4 Å². The highest BCUT2D eigenvalue weighted by atomic mass is 16.7. The number of piperidine rings is 1. The molecule has 2 bridgehead atoms. The van der Waals surface area contributed by atoms with Crippen molar-refractivity contribution in [2.45, 2.75) is 54.9 Å². The van der Waals surface area contributed by atoms with E-state index < -0.39 is 23.2 Å². The van der Waals surface area contributed by atoms with Crippen LogP contribution in [0, 0.1) is 0 Å². The van der Waals surface area contributed by atoms with Crippen LogP contribution >= 0.6 is 0 Å². The van der Waals surface area contributed by atoms with Gasteiger partial charge in [-0.3, -0.25) is 4.90 Å². The summed E-state index contributed by atoms with van der Waals surface area (Å²) in [6, 6.07) is 4.00. The largest absolute Gasteiger partial charge is 0.482 e. The van der Waals surface area contributed by atoms with Gasteiger partial charge in [0.05, 0.1) is 30.3 Å². The molecule has 5 rings (SSSR count). The molecular weight excluding hydrogens is 386 g/mol. The molecule has 2 aliphatic carbocycles. The van der Waals surface area contributed by atoms with Gasteiger partial charge in [-0.1, -0.05) is 12.1 Å². The third kappa shape index (κ3) is 2.63. The first kappa shape index (κ1) is 20.3. The van der Waals surface area contributed by atoms with E-state index in [1.165, 1.54) is 5.56 Å². The van der Waals surface area contributed by atoms with Crippen molar-refractivity contribution < 1.29 is 29.2 Å². The highest BCUT2D eigenvalue weighted by Crippen LogP contribution is 2.65. The highest BCUT2D eigenvalue weighted by Gasteiger charge is 2.72. The number of likely N-dealkylation sites (tertiary alicyclic amines) is 1. The van der Waals surface area contributed by atoms with Crippen molar-refractivity contribution in [2.75, 3.05) is 40.2 Å². The van der Waals surface area contributed by atoms with Crippen LogP contribution in [0.25, 0.3) is 0 Å². The molecule has 2 fully saturated rings. The molecule has 1 saturated carbocycles. The van der Waals surface area contributed by atoms with Gasteiger partial charge in [-0.15, -0.1) is 6.58 Å². The molecule has 0 aromatic heterocycles. The summed E-state index contributed by atoms with van der Waals surface area (Å²) in [6.45, 7) is 6.54. The zero-order valence-corrected chi connectivity index (χ0v) is 17.5. The van der Waals surface area contributed by atoms with Gasteiger partial charge < -0.3 is 29.2 Å². The minimum Gasteiger partial charge on any atom is -0.482 e. The smallest absolute Gasteiger partial charge is 0.189 e. The predicted molar refractivity (Wildman–Crippen MR) is 110 cm³/mol. The van der Waals surface area contributed by atoms with E-state index in [2.05, 4.69) is 17.5 Å². The summed E-state index contributed by atoms with van der Waals surface area (Å²) in [5.74, 6) is 1.28. The highest BCUT2D eigenvalue weighted by molar-refractivity contribution is 5.63. The molecule has 164 valence electrons. The maximum absolute atomic E-state index is 12.1. The minimum absolute atomic E-state index is 0.00885. The number of benzene rings is 1. The number of aliphatic hydroxyl groups is 2. The van der Waals surface area contributed by atoms with Crippen LogP contribution in [-0.4, -0.2) is 79.2 Å². The normalized spacial score (nSPS) is 36.2. The Bertz CT molecular complexity index is 830. The van der Waals surface area contributed by atoms with Gasteiger partial charge in [0.15, 0.2) is 18.3 Å². The molecule has 1 aromatic rings. The van der Waals surface area contributed by atoms with Gasteiger partial charge in [0.1, 0.15) is 6.10 Å². The van der Waals surface area contributed by atoms with Crippen LogP contribution < -0.4 is 9.47 Å². The van der Waals surface area contributed by atoms with Gasteiger partial charge in [-0.2, -0.15) is 0 Å². The number of hydrogen-bond acceptors (Lipinski definition) is 7. The number of hydrogen-bond donors (Lipinski definition) is 2. The van der Waals surface area contributed by atoms with Gasteiger partial charge in [-0.25, -0.2) is 0 Å². The monoisotopic (exact) mass is 417 g/mol. The van der Waals surface area contributed by atoms with Crippen LogP contribution in [0.15, 0.2) is 24.8 Å². The molecular formula is C23H31NO6. The molecule has 1 aromatic carbocycles. The van der Waals surface area contributed by atoms with Crippen molar-refractivity contribution >= 4 is 0 Å². The SMILES string of the molecule is C=CCN1CC[C@]23c4c5ccc(OCOCCOC)c4O[C@H]2C(O)CC[C@@]3(O)C1C5. The predicted octanol–water partition coefficient (Wildman–Crippen LogP) is 1.39. The number of methoxy groups -OCH3 is 1. The molecule has 2 N–H and O–H groups in total. The Morgan fingerprint density at radius 3 is 3.00 bits per heavy atom. The molecule has 4 aliphatic rings. The summed E-state index contributed by atoms with van der Waals surface area (Å²) >= 11 is 0. The average molecular weight is 418 g/mol. The fraction of sp³-hybridized carbons (Fsp3) is 0.652. The van der Waals surface area contributed by atoms with Gasteiger partial charge in [0.25, 0.3) is 0 Å². The molecule has 2 heterocycles. The second-order valence-electron chi connectivity index (χ2n) is 8.88. The van der Waals surface area contributed by atoms with E-state index in [-0.39, 0.29) is 12.8 Å². The third-order valence-corrected chi connectivity index (χ3v) is 7.62. The quantitative estimate of drug-likeness (QED) is 0.376. The van der Waals surface area contributed by atoms with Crippen molar-refractivity contribution in [3.8, 4) is 11.5 Å². The van der Waals surface area contributed by atoms with Crippen LogP contribution in [0.4, 0.5) is 0 Å². The lowest BCUT2D eigenvalue weighted by Gasteiger charge is -2.63. The third-order valence-electron chi connectivity index (χ3n) is 7.62. The van der Waals surface area contributed by atoms with E-state index in [1.807, 2.05) is 12.1 Å². The Morgan fingerprint density at radius 1 is 1.33 bits per heavy atom. The number of rotatable bonds is 8. The van der Waals surface area contributed by atoms with E-state index in [4.69, 9.17) is 18.9 Å². The number of aliphatic hydroxyl groups excluding tert-OH is 1. The number of nitrogens with zero attached hydrogens (tertiary/aromatic N) is 1. The maximum atomic E-state index is 12.1. The summed E-state index contributed by atoms with van der Waals surface area (Å²) in [5, 5.41) is 23.0. The number of ether oxygens (including phenoxy) is 4. The average Bonchev–Trinajstić information content (AvgIpc) is 3.09. The van der Waals surface area contributed by atoms with Crippen LogP contribution in [-0.2, 0) is 21.3 Å². The Labute approximate surface area is 177 Å². The van der Waals surface area contributed by atoms with Gasteiger partial charge in [0.2, 0.25) is 0 Å². The Balaban J connectivity index is 1.54. The summed E-state index contributed by atoms with van der Waals surface area (Å²) in [5.41, 5.74) is 0.672. The van der Waals surface area contributed by atoms with Crippen LogP contribution in [0.3, 0.4) is 0 Å².